The maximum Gasteiger partial charge on any atom is 0.236 e. The predicted octanol–water partition coefficient (Wildman–Crippen LogP) is 2.96. The van der Waals surface area contributed by atoms with Crippen molar-refractivity contribution in [2.24, 2.45) is 0 Å². The van der Waals surface area contributed by atoms with Gasteiger partial charge in [-0.2, -0.15) is 0 Å². The fourth-order valence-electron chi connectivity index (χ4n) is 3.85. The molecule has 1 N–H and O–H groups in total. The summed E-state index contributed by atoms with van der Waals surface area (Å²) in [5, 5.41) is 10.1. The highest BCUT2D eigenvalue weighted by Crippen LogP contribution is 2.18. The maximum absolute atomic E-state index is 12.9. The van der Waals surface area contributed by atoms with E-state index in [1.54, 1.807) is 13.2 Å². The second-order valence-electron chi connectivity index (χ2n) is 7.84. The molecule has 1 aliphatic heterocycles. The molecule has 1 heterocycles. The number of phenolic OH excluding ortho intramolecular Hbond substituents is 1. The van der Waals surface area contributed by atoms with E-state index in [9.17, 15) is 9.90 Å². The van der Waals surface area contributed by atoms with Crippen molar-refractivity contribution in [3.8, 4) is 11.5 Å². The summed E-state index contributed by atoms with van der Waals surface area (Å²) in [6.07, 6.45) is 0.969. The standard InChI is InChI=1S/C24H33N3O3/c1-3-12-26(18-21-6-4-5-7-23(21)28)19-24(29)27-15-13-25(14-16-27)17-20-8-10-22(30-2)11-9-20/h4-11,28H,3,12-19H2,1-2H3. The highest BCUT2D eigenvalue weighted by atomic mass is 16.5. The molecule has 0 saturated carbocycles. The van der Waals surface area contributed by atoms with E-state index in [0.717, 1.165) is 57.0 Å². The lowest BCUT2D eigenvalue weighted by molar-refractivity contribution is -0.134. The van der Waals surface area contributed by atoms with Gasteiger partial charge < -0.3 is 14.7 Å². The van der Waals surface area contributed by atoms with Gasteiger partial charge in [-0.3, -0.25) is 14.6 Å². The molecule has 0 spiro atoms. The Kier molecular flexibility index (Phi) is 8.11. The van der Waals surface area contributed by atoms with Gasteiger partial charge in [0.2, 0.25) is 5.91 Å². The molecule has 6 nitrogen and oxygen atoms in total. The SMILES string of the molecule is CCCN(CC(=O)N1CCN(Cc2ccc(OC)cc2)CC1)Cc1ccccc1O. The van der Waals surface area contributed by atoms with Gasteiger partial charge in [0.15, 0.2) is 0 Å². The van der Waals surface area contributed by atoms with E-state index >= 15 is 0 Å². The summed E-state index contributed by atoms with van der Waals surface area (Å²) in [5.41, 5.74) is 2.12. The first-order valence-corrected chi connectivity index (χ1v) is 10.7. The zero-order chi connectivity index (χ0) is 21.3. The molecule has 2 aromatic rings. The van der Waals surface area contributed by atoms with E-state index in [1.807, 2.05) is 35.2 Å². The first-order valence-electron chi connectivity index (χ1n) is 10.7. The fourth-order valence-corrected chi connectivity index (χ4v) is 3.85. The van der Waals surface area contributed by atoms with Gasteiger partial charge in [-0.1, -0.05) is 37.3 Å². The molecule has 3 rings (SSSR count). The van der Waals surface area contributed by atoms with E-state index in [2.05, 4.69) is 28.9 Å². The molecule has 162 valence electrons. The lowest BCUT2D eigenvalue weighted by atomic mass is 10.1. The third-order valence-corrected chi connectivity index (χ3v) is 5.57. The summed E-state index contributed by atoms with van der Waals surface area (Å²) >= 11 is 0. The monoisotopic (exact) mass is 411 g/mol. The highest BCUT2D eigenvalue weighted by Gasteiger charge is 2.23. The minimum absolute atomic E-state index is 0.169. The number of amides is 1. The van der Waals surface area contributed by atoms with Crippen molar-refractivity contribution in [1.29, 1.82) is 0 Å². The molecule has 0 aliphatic carbocycles. The quantitative estimate of drug-likeness (QED) is 0.688. The molecule has 30 heavy (non-hydrogen) atoms. The van der Waals surface area contributed by atoms with Crippen LogP contribution in [0.4, 0.5) is 0 Å². The zero-order valence-corrected chi connectivity index (χ0v) is 18.1. The highest BCUT2D eigenvalue weighted by molar-refractivity contribution is 5.78. The van der Waals surface area contributed by atoms with E-state index < -0.39 is 0 Å². The van der Waals surface area contributed by atoms with Gasteiger partial charge in [-0.25, -0.2) is 0 Å². The number of carbonyl (C=O) groups excluding carboxylic acids is 1. The van der Waals surface area contributed by atoms with Gasteiger partial charge in [0.1, 0.15) is 11.5 Å². The Bertz CT molecular complexity index is 802. The molecular formula is C24H33N3O3. The minimum atomic E-state index is 0.169. The van der Waals surface area contributed by atoms with E-state index in [4.69, 9.17) is 4.74 Å². The number of ether oxygens (including phenoxy) is 1. The van der Waals surface area contributed by atoms with Gasteiger partial charge in [0.05, 0.1) is 13.7 Å². The van der Waals surface area contributed by atoms with Crippen molar-refractivity contribution in [3.63, 3.8) is 0 Å². The van der Waals surface area contributed by atoms with E-state index in [0.29, 0.717) is 13.1 Å². The number of methoxy groups -OCH3 is 1. The predicted molar refractivity (Wildman–Crippen MR) is 119 cm³/mol. The molecule has 0 unspecified atom stereocenters. The zero-order valence-electron chi connectivity index (χ0n) is 18.1. The van der Waals surface area contributed by atoms with Crippen LogP contribution in [0.3, 0.4) is 0 Å². The second kappa shape index (κ2) is 11.0. The fraction of sp³-hybridized carbons (Fsp3) is 0.458. The normalized spacial score (nSPS) is 14.8. The third-order valence-electron chi connectivity index (χ3n) is 5.57. The third kappa shape index (κ3) is 6.21. The number of piperazine rings is 1. The molecule has 1 aliphatic rings. The Morgan fingerprint density at radius 1 is 1.07 bits per heavy atom. The number of hydrogen-bond donors (Lipinski definition) is 1. The Morgan fingerprint density at radius 3 is 2.40 bits per heavy atom. The van der Waals surface area contributed by atoms with Crippen LogP contribution in [0.1, 0.15) is 24.5 Å². The van der Waals surface area contributed by atoms with Crippen molar-refractivity contribution >= 4 is 5.91 Å². The van der Waals surface area contributed by atoms with Crippen LogP contribution in [0.25, 0.3) is 0 Å². The number of nitrogens with zero attached hydrogens (tertiary/aromatic N) is 3. The maximum atomic E-state index is 12.9. The molecular weight excluding hydrogens is 378 g/mol. The van der Waals surface area contributed by atoms with Crippen LogP contribution >= 0.6 is 0 Å². The lowest BCUT2D eigenvalue weighted by Crippen LogP contribution is -2.50. The average molecular weight is 412 g/mol. The Balaban J connectivity index is 1.48. The number of benzene rings is 2. The van der Waals surface area contributed by atoms with Crippen LogP contribution < -0.4 is 4.74 Å². The van der Waals surface area contributed by atoms with Crippen LogP contribution in [0.5, 0.6) is 11.5 Å². The van der Waals surface area contributed by atoms with Crippen molar-refractivity contribution in [3.05, 3.63) is 59.7 Å². The van der Waals surface area contributed by atoms with Crippen molar-refractivity contribution in [2.45, 2.75) is 26.4 Å². The first-order chi connectivity index (χ1) is 14.6. The van der Waals surface area contributed by atoms with Crippen molar-refractivity contribution < 1.29 is 14.6 Å². The van der Waals surface area contributed by atoms with Crippen molar-refractivity contribution in [1.82, 2.24) is 14.7 Å². The van der Waals surface area contributed by atoms with Gasteiger partial charge in [0, 0.05) is 44.8 Å². The number of phenols is 1. The van der Waals surface area contributed by atoms with Gasteiger partial charge in [0.25, 0.3) is 0 Å². The van der Waals surface area contributed by atoms with Gasteiger partial charge in [-0.05, 0) is 36.7 Å². The van der Waals surface area contributed by atoms with E-state index in [1.165, 1.54) is 5.56 Å². The lowest BCUT2D eigenvalue weighted by Gasteiger charge is -2.36. The molecule has 0 radical (unpaired) electrons. The molecule has 1 saturated heterocycles. The average Bonchev–Trinajstić information content (AvgIpc) is 2.76. The second-order valence-corrected chi connectivity index (χ2v) is 7.84. The molecule has 2 aromatic carbocycles. The Labute approximate surface area is 179 Å². The molecule has 6 heteroatoms. The smallest absolute Gasteiger partial charge is 0.236 e. The van der Waals surface area contributed by atoms with E-state index in [-0.39, 0.29) is 11.7 Å². The van der Waals surface area contributed by atoms with Crippen LogP contribution in [0.15, 0.2) is 48.5 Å². The Hall–Kier alpha value is -2.57. The molecule has 1 fully saturated rings. The summed E-state index contributed by atoms with van der Waals surface area (Å²) < 4.78 is 5.22. The minimum Gasteiger partial charge on any atom is -0.508 e. The molecule has 1 amide bonds. The Morgan fingerprint density at radius 2 is 1.77 bits per heavy atom. The summed E-state index contributed by atoms with van der Waals surface area (Å²) in [5.74, 6) is 1.33. The van der Waals surface area contributed by atoms with Crippen LogP contribution in [0.2, 0.25) is 0 Å². The van der Waals surface area contributed by atoms with Gasteiger partial charge in [-0.15, -0.1) is 0 Å². The van der Waals surface area contributed by atoms with Crippen molar-refractivity contribution in [2.75, 3.05) is 46.4 Å². The molecule has 0 atom stereocenters. The molecule has 0 bridgehead atoms. The number of para-hydroxylation sites is 1. The molecule has 0 aromatic heterocycles. The number of aromatic hydroxyl groups is 1. The largest absolute Gasteiger partial charge is 0.508 e. The summed E-state index contributed by atoms with van der Waals surface area (Å²) in [7, 11) is 1.68. The van der Waals surface area contributed by atoms with Crippen LogP contribution in [-0.2, 0) is 17.9 Å². The first kappa shape index (κ1) is 22.1. The van der Waals surface area contributed by atoms with Gasteiger partial charge >= 0.3 is 0 Å². The summed E-state index contributed by atoms with van der Waals surface area (Å²) in [6.45, 7) is 8.08. The number of carbonyl (C=O) groups is 1. The number of rotatable bonds is 9. The van der Waals surface area contributed by atoms with Crippen LogP contribution in [0, 0.1) is 0 Å². The number of hydrogen-bond acceptors (Lipinski definition) is 5. The van der Waals surface area contributed by atoms with Crippen LogP contribution in [-0.4, -0.2) is 72.1 Å². The topological polar surface area (TPSA) is 56.3 Å². The summed E-state index contributed by atoms with van der Waals surface area (Å²) in [6, 6.07) is 15.5. The summed E-state index contributed by atoms with van der Waals surface area (Å²) in [4.78, 5) is 19.4.